The number of carboxylic acids is 1. The van der Waals surface area contributed by atoms with E-state index in [0.717, 1.165) is 22.4 Å². The number of aliphatic hydroxyl groups is 1. The van der Waals surface area contributed by atoms with E-state index >= 15 is 0 Å². The summed E-state index contributed by atoms with van der Waals surface area (Å²) in [5.41, 5.74) is 4.16. The van der Waals surface area contributed by atoms with Crippen LogP contribution in [0.25, 0.3) is 22.2 Å². The van der Waals surface area contributed by atoms with Crippen LogP contribution in [0.2, 0.25) is 0 Å². The molecule has 0 aliphatic heterocycles. The lowest BCUT2D eigenvalue weighted by Gasteiger charge is -2.13. The van der Waals surface area contributed by atoms with Gasteiger partial charge in [-0.15, -0.1) is 0 Å². The lowest BCUT2D eigenvalue weighted by molar-refractivity contribution is 0.0696. The van der Waals surface area contributed by atoms with Crippen molar-refractivity contribution in [3.8, 4) is 11.1 Å². The lowest BCUT2D eigenvalue weighted by atomic mass is 9.94. The van der Waals surface area contributed by atoms with E-state index in [1.807, 2.05) is 25.1 Å². The van der Waals surface area contributed by atoms with Crippen molar-refractivity contribution in [2.45, 2.75) is 20.0 Å². The molecule has 0 saturated carbocycles. The highest BCUT2D eigenvalue weighted by Crippen LogP contribution is 2.31. The van der Waals surface area contributed by atoms with Crippen molar-refractivity contribution in [2.24, 2.45) is 0 Å². The molecule has 1 heterocycles. The van der Waals surface area contributed by atoms with E-state index in [2.05, 4.69) is 9.97 Å². The smallest absolute Gasteiger partial charge is 0.335 e. The number of carbonyl (C=O) groups is 1. The zero-order valence-corrected chi connectivity index (χ0v) is 12.3. The number of aryl methyl sites for hydroxylation is 1. The normalized spacial score (nSPS) is 12.5. The average molecular weight is 296 g/mol. The zero-order chi connectivity index (χ0) is 15.9. The molecular weight excluding hydrogens is 280 g/mol. The predicted octanol–water partition coefficient (Wildman–Crippen LogP) is 3.29. The van der Waals surface area contributed by atoms with E-state index < -0.39 is 12.1 Å². The zero-order valence-electron chi connectivity index (χ0n) is 12.3. The molecule has 0 spiro atoms. The number of aliphatic hydroxyl groups excluding tert-OH is 1. The number of aromatic carboxylic acids is 1. The summed E-state index contributed by atoms with van der Waals surface area (Å²) in [6, 6.07) is 10.4. The number of imidazole rings is 1. The first-order chi connectivity index (χ1) is 10.5. The van der Waals surface area contributed by atoms with Gasteiger partial charge < -0.3 is 15.2 Å². The minimum absolute atomic E-state index is 0.192. The molecule has 1 atom stereocenters. The maximum Gasteiger partial charge on any atom is 0.335 e. The van der Waals surface area contributed by atoms with E-state index in [4.69, 9.17) is 0 Å². The Hall–Kier alpha value is -2.66. The highest BCUT2D eigenvalue weighted by molar-refractivity contribution is 5.91. The van der Waals surface area contributed by atoms with Gasteiger partial charge in [0.25, 0.3) is 0 Å². The van der Waals surface area contributed by atoms with Gasteiger partial charge in [-0.05, 0) is 54.8 Å². The number of nitrogens with one attached hydrogen (secondary N) is 1. The third kappa shape index (κ3) is 2.46. The van der Waals surface area contributed by atoms with Crippen LogP contribution in [-0.4, -0.2) is 26.2 Å². The molecule has 112 valence electrons. The Bertz CT molecular complexity index is 865. The molecule has 3 N–H and O–H groups in total. The summed E-state index contributed by atoms with van der Waals surface area (Å²) in [5, 5.41) is 19.1. The Morgan fingerprint density at radius 1 is 1.23 bits per heavy atom. The molecule has 0 aliphatic carbocycles. The van der Waals surface area contributed by atoms with Crippen molar-refractivity contribution in [3.63, 3.8) is 0 Å². The molecular formula is C17H16N2O3. The molecule has 3 rings (SSSR count). The number of aromatic amines is 1. The molecule has 5 nitrogen and oxygen atoms in total. The van der Waals surface area contributed by atoms with Crippen LogP contribution in [0.4, 0.5) is 0 Å². The lowest BCUT2D eigenvalue weighted by Crippen LogP contribution is -2.01. The van der Waals surface area contributed by atoms with Crippen molar-refractivity contribution in [2.75, 3.05) is 0 Å². The van der Waals surface area contributed by atoms with Crippen molar-refractivity contribution in [1.29, 1.82) is 0 Å². The van der Waals surface area contributed by atoms with Crippen LogP contribution in [0.15, 0.2) is 36.4 Å². The molecule has 5 heteroatoms. The summed E-state index contributed by atoms with van der Waals surface area (Å²) in [6.45, 7) is 3.54. The van der Waals surface area contributed by atoms with Gasteiger partial charge >= 0.3 is 5.97 Å². The maximum absolute atomic E-state index is 11.2. The van der Waals surface area contributed by atoms with Gasteiger partial charge in [0, 0.05) is 0 Å². The van der Waals surface area contributed by atoms with Crippen LogP contribution in [0.5, 0.6) is 0 Å². The van der Waals surface area contributed by atoms with E-state index in [1.165, 1.54) is 6.07 Å². The fraction of sp³-hybridized carbons (Fsp3) is 0.176. The SMILES string of the molecule is Cc1nc2cc(-c3cc(C(=O)O)ccc3C(C)O)ccc2[nH]1. The Kier molecular flexibility index (Phi) is 3.42. The third-order valence-electron chi connectivity index (χ3n) is 3.66. The number of benzene rings is 2. The minimum Gasteiger partial charge on any atom is -0.478 e. The van der Waals surface area contributed by atoms with Crippen LogP contribution < -0.4 is 0 Å². The van der Waals surface area contributed by atoms with Crippen molar-refractivity contribution >= 4 is 17.0 Å². The number of fused-ring (bicyclic) bond motifs is 1. The number of rotatable bonds is 3. The predicted molar refractivity (Wildman–Crippen MR) is 83.9 cm³/mol. The van der Waals surface area contributed by atoms with Crippen LogP contribution >= 0.6 is 0 Å². The monoisotopic (exact) mass is 296 g/mol. The number of H-pyrrole nitrogens is 1. The Morgan fingerprint density at radius 3 is 2.68 bits per heavy atom. The summed E-state index contributed by atoms with van der Waals surface area (Å²) in [4.78, 5) is 18.7. The van der Waals surface area contributed by atoms with Gasteiger partial charge in [-0.3, -0.25) is 0 Å². The van der Waals surface area contributed by atoms with Gasteiger partial charge in [-0.2, -0.15) is 0 Å². The number of aromatic nitrogens is 2. The summed E-state index contributed by atoms with van der Waals surface area (Å²) in [5.74, 6) is -0.169. The standard InChI is InChI=1S/C17H16N2O3/c1-9(20)13-5-3-12(17(21)22)7-14(13)11-4-6-15-16(8-11)19-10(2)18-15/h3-9,20H,1-2H3,(H,18,19)(H,21,22). The van der Waals surface area contributed by atoms with Gasteiger partial charge in [0.2, 0.25) is 0 Å². The Morgan fingerprint density at radius 2 is 2.00 bits per heavy atom. The van der Waals surface area contributed by atoms with E-state index in [-0.39, 0.29) is 5.56 Å². The molecule has 0 aliphatic rings. The van der Waals surface area contributed by atoms with Crippen molar-refractivity contribution < 1.29 is 15.0 Å². The quantitative estimate of drug-likeness (QED) is 0.692. The second kappa shape index (κ2) is 5.27. The molecule has 1 unspecified atom stereocenters. The van der Waals surface area contributed by atoms with E-state index in [9.17, 15) is 15.0 Å². The molecule has 0 saturated heterocycles. The van der Waals surface area contributed by atoms with Gasteiger partial charge in [-0.1, -0.05) is 12.1 Å². The second-order valence-electron chi connectivity index (χ2n) is 5.34. The van der Waals surface area contributed by atoms with Crippen molar-refractivity contribution in [1.82, 2.24) is 9.97 Å². The molecule has 1 aromatic heterocycles. The summed E-state index contributed by atoms with van der Waals surface area (Å²) in [7, 11) is 0. The molecule has 0 amide bonds. The Labute approximate surface area is 127 Å². The first kappa shape index (κ1) is 14.3. The highest BCUT2D eigenvalue weighted by atomic mass is 16.4. The number of hydrogen-bond donors (Lipinski definition) is 3. The number of hydrogen-bond acceptors (Lipinski definition) is 3. The van der Waals surface area contributed by atoms with Crippen LogP contribution in [0.1, 0.15) is 34.8 Å². The minimum atomic E-state index is -0.991. The maximum atomic E-state index is 11.2. The molecule has 2 aromatic carbocycles. The Balaban J connectivity index is 2.22. The van der Waals surface area contributed by atoms with Gasteiger partial charge in [0.05, 0.1) is 22.7 Å². The van der Waals surface area contributed by atoms with Crippen molar-refractivity contribution in [3.05, 3.63) is 53.3 Å². The molecule has 22 heavy (non-hydrogen) atoms. The fourth-order valence-corrected chi connectivity index (χ4v) is 2.60. The summed E-state index contributed by atoms with van der Waals surface area (Å²) >= 11 is 0. The molecule has 0 fully saturated rings. The first-order valence-electron chi connectivity index (χ1n) is 6.98. The highest BCUT2D eigenvalue weighted by Gasteiger charge is 2.14. The average Bonchev–Trinajstić information content (AvgIpc) is 2.85. The molecule has 0 radical (unpaired) electrons. The molecule has 0 bridgehead atoms. The van der Waals surface area contributed by atoms with Gasteiger partial charge in [0.15, 0.2) is 0 Å². The van der Waals surface area contributed by atoms with Gasteiger partial charge in [0.1, 0.15) is 5.82 Å². The number of carboxylic acid groups (broad SMARTS) is 1. The summed E-state index contributed by atoms with van der Waals surface area (Å²) < 4.78 is 0. The van der Waals surface area contributed by atoms with Crippen LogP contribution in [-0.2, 0) is 0 Å². The molecule has 3 aromatic rings. The largest absolute Gasteiger partial charge is 0.478 e. The number of nitrogens with zero attached hydrogens (tertiary/aromatic N) is 1. The van der Waals surface area contributed by atoms with Gasteiger partial charge in [-0.25, -0.2) is 9.78 Å². The first-order valence-corrected chi connectivity index (χ1v) is 6.98. The second-order valence-corrected chi connectivity index (χ2v) is 5.34. The van der Waals surface area contributed by atoms with E-state index in [1.54, 1.807) is 19.1 Å². The fourth-order valence-electron chi connectivity index (χ4n) is 2.60. The third-order valence-corrected chi connectivity index (χ3v) is 3.66. The van der Waals surface area contributed by atoms with Crippen LogP contribution in [0, 0.1) is 6.92 Å². The van der Waals surface area contributed by atoms with E-state index in [0.29, 0.717) is 11.1 Å². The van der Waals surface area contributed by atoms with Crippen LogP contribution in [0.3, 0.4) is 0 Å². The topological polar surface area (TPSA) is 86.2 Å². The summed E-state index contributed by atoms with van der Waals surface area (Å²) in [6.07, 6.45) is -0.686.